The van der Waals surface area contributed by atoms with E-state index in [0.717, 1.165) is 25.9 Å². The fourth-order valence-electron chi connectivity index (χ4n) is 2.87. The van der Waals surface area contributed by atoms with Crippen LogP contribution in [0.3, 0.4) is 0 Å². The van der Waals surface area contributed by atoms with Crippen molar-refractivity contribution >= 4 is 55.1 Å². The van der Waals surface area contributed by atoms with E-state index in [1.54, 1.807) is 18.9 Å². The van der Waals surface area contributed by atoms with Crippen LogP contribution in [-0.4, -0.2) is 24.3 Å². The van der Waals surface area contributed by atoms with E-state index in [9.17, 15) is 4.79 Å². The number of hydrogen-bond acceptors (Lipinski definition) is 5. The molecule has 0 atom stereocenters. The van der Waals surface area contributed by atoms with Crippen LogP contribution in [0.5, 0.6) is 5.75 Å². The van der Waals surface area contributed by atoms with Gasteiger partial charge in [0.15, 0.2) is 5.13 Å². The first kappa shape index (κ1) is 16.9. The van der Waals surface area contributed by atoms with E-state index in [1.807, 2.05) is 60.9 Å². The second-order valence-corrected chi connectivity index (χ2v) is 7.56. The molecule has 4 nitrogen and oxygen atoms in total. The van der Waals surface area contributed by atoms with Crippen LogP contribution in [0, 0.1) is 0 Å². The number of amides is 1. The zero-order valence-corrected chi connectivity index (χ0v) is 15.9. The fraction of sp³-hybridized carbons (Fsp3) is 0.100. The van der Waals surface area contributed by atoms with Crippen LogP contribution in [0.1, 0.15) is 10.4 Å². The van der Waals surface area contributed by atoms with E-state index in [0.29, 0.717) is 16.4 Å². The summed E-state index contributed by atoms with van der Waals surface area (Å²) < 4.78 is 6.48. The number of nitrogens with zero attached hydrogens (tertiary/aromatic N) is 1. The SMILES string of the molecule is COc1cc2ccccc2cc1C(=O)Nc1nc2c(SC)cccc2s1. The number of nitrogens with one attached hydrogen (secondary N) is 1. The van der Waals surface area contributed by atoms with Crippen molar-refractivity contribution in [3.8, 4) is 5.75 Å². The standard InChI is InChI=1S/C20H16N2O2S2/c1-24-15-11-13-7-4-3-6-12(13)10-14(15)19(23)22-20-21-18-16(25-2)8-5-9-17(18)26-20/h3-11H,1-2H3,(H,21,22,23). The molecule has 1 heterocycles. The number of para-hydroxylation sites is 1. The molecule has 0 aliphatic carbocycles. The van der Waals surface area contributed by atoms with E-state index >= 15 is 0 Å². The number of thiazole rings is 1. The fourth-order valence-corrected chi connectivity index (χ4v) is 4.39. The van der Waals surface area contributed by atoms with Crippen molar-refractivity contribution < 1.29 is 9.53 Å². The lowest BCUT2D eigenvalue weighted by molar-refractivity contribution is 0.102. The molecular formula is C20H16N2O2S2. The van der Waals surface area contributed by atoms with Gasteiger partial charge in [0.2, 0.25) is 0 Å². The first-order valence-corrected chi connectivity index (χ1v) is 10.1. The van der Waals surface area contributed by atoms with Crippen molar-refractivity contribution in [1.29, 1.82) is 0 Å². The van der Waals surface area contributed by atoms with Crippen LogP contribution in [0.15, 0.2) is 59.5 Å². The third-order valence-electron chi connectivity index (χ3n) is 4.13. The van der Waals surface area contributed by atoms with E-state index < -0.39 is 0 Å². The summed E-state index contributed by atoms with van der Waals surface area (Å²) in [6.45, 7) is 0. The Hall–Kier alpha value is -2.57. The summed E-state index contributed by atoms with van der Waals surface area (Å²) in [5.41, 5.74) is 1.42. The highest BCUT2D eigenvalue weighted by atomic mass is 32.2. The molecule has 0 aliphatic rings. The van der Waals surface area contributed by atoms with Crippen molar-refractivity contribution in [3.05, 3.63) is 60.2 Å². The Morgan fingerprint density at radius 2 is 1.88 bits per heavy atom. The monoisotopic (exact) mass is 380 g/mol. The molecule has 4 aromatic rings. The molecule has 1 N–H and O–H groups in total. The zero-order valence-electron chi connectivity index (χ0n) is 14.3. The smallest absolute Gasteiger partial charge is 0.261 e. The maximum Gasteiger partial charge on any atom is 0.261 e. The summed E-state index contributed by atoms with van der Waals surface area (Å²) in [5, 5.41) is 5.53. The van der Waals surface area contributed by atoms with Gasteiger partial charge in [-0.1, -0.05) is 41.7 Å². The molecule has 0 radical (unpaired) electrons. The van der Waals surface area contributed by atoms with Crippen LogP contribution in [0.4, 0.5) is 5.13 Å². The van der Waals surface area contributed by atoms with Gasteiger partial charge in [-0.05, 0) is 41.3 Å². The Kier molecular flexibility index (Phi) is 4.53. The lowest BCUT2D eigenvalue weighted by Crippen LogP contribution is -2.13. The number of carbonyl (C=O) groups is 1. The Morgan fingerprint density at radius 3 is 2.62 bits per heavy atom. The Morgan fingerprint density at radius 1 is 1.12 bits per heavy atom. The van der Waals surface area contributed by atoms with Gasteiger partial charge >= 0.3 is 0 Å². The maximum atomic E-state index is 12.8. The molecule has 0 saturated carbocycles. The predicted molar refractivity (Wildman–Crippen MR) is 110 cm³/mol. The van der Waals surface area contributed by atoms with Gasteiger partial charge in [-0.25, -0.2) is 4.98 Å². The number of carbonyl (C=O) groups excluding carboxylic acids is 1. The Balaban J connectivity index is 1.71. The number of methoxy groups -OCH3 is 1. The molecule has 130 valence electrons. The zero-order chi connectivity index (χ0) is 18.1. The van der Waals surface area contributed by atoms with Gasteiger partial charge in [0.1, 0.15) is 5.75 Å². The van der Waals surface area contributed by atoms with Crippen LogP contribution >= 0.6 is 23.1 Å². The molecule has 3 aromatic carbocycles. The predicted octanol–water partition coefficient (Wildman–Crippen LogP) is 5.43. The molecule has 1 amide bonds. The number of ether oxygens (including phenoxy) is 1. The minimum Gasteiger partial charge on any atom is -0.496 e. The van der Waals surface area contributed by atoms with E-state index in [-0.39, 0.29) is 5.91 Å². The number of thioether (sulfide) groups is 1. The third kappa shape index (κ3) is 3.02. The second kappa shape index (κ2) is 6.97. The molecular weight excluding hydrogens is 364 g/mol. The van der Waals surface area contributed by atoms with Crippen molar-refractivity contribution in [2.45, 2.75) is 4.90 Å². The van der Waals surface area contributed by atoms with Crippen molar-refractivity contribution in [3.63, 3.8) is 0 Å². The average Bonchev–Trinajstić information content (AvgIpc) is 3.09. The molecule has 26 heavy (non-hydrogen) atoms. The minimum absolute atomic E-state index is 0.225. The first-order chi connectivity index (χ1) is 12.7. The van der Waals surface area contributed by atoms with Gasteiger partial charge in [-0.2, -0.15) is 0 Å². The second-order valence-electron chi connectivity index (χ2n) is 5.68. The van der Waals surface area contributed by atoms with Gasteiger partial charge < -0.3 is 4.74 Å². The number of aromatic nitrogens is 1. The lowest BCUT2D eigenvalue weighted by Gasteiger charge is -2.10. The summed E-state index contributed by atoms with van der Waals surface area (Å²) >= 11 is 3.12. The number of anilines is 1. The molecule has 0 aliphatic heterocycles. The highest BCUT2D eigenvalue weighted by molar-refractivity contribution is 7.98. The molecule has 0 unspecified atom stereocenters. The van der Waals surface area contributed by atoms with Gasteiger partial charge in [0, 0.05) is 4.90 Å². The van der Waals surface area contributed by atoms with E-state index in [2.05, 4.69) is 10.3 Å². The summed E-state index contributed by atoms with van der Waals surface area (Å²) in [4.78, 5) is 18.5. The van der Waals surface area contributed by atoms with Gasteiger partial charge in [0.05, 0.1) is 22.9 Å². The Bertz CT molecular complexity index is 1120. The molecule has 1 aromatic heterocycles. The molecule has 0 fully saturated rings. The summed E-state index contributed by atoms with van der Waals surface area (Å²) in [5.74, 6) is 0.324. The lowest BCUT2D eigenvalue weighted by atomic mass is 10.1. The summed E-state index contributed by atoms with van der Waals surface area (Å²) in [6, 6.07) is 17.7. The minimum atomic E-state index is -0.225. The average molecular weight is 380 g/mol. The Labute approximate surface area is 159 Å². The molecule has 0 bridgehead atoms. The summed E-state index contributed by atoms with van der Waals surface area (Å²) in [6.07, 6.45) is 2.02. The number of hydrogen-bond donors (Lipinski definition) is 1. The highest BCUT2D eigenvalue weighted by Gasteiger charge is 2.16. The van der Waals surface area contributed by atoms with Gasteiger partial charge in [0.25, 0.3) is 5.91 Å². The van der Waals surface area contributed by atoms with E-state index in [1.165, 1.54) is 11.3 Å². The number of rotatable bonds is 4. The van der Waals surface area contributed by atoms with Gasteiger partial charge in [-0.3, -0.25) is 10.1 Å². The molecule has 0 saturated heterocycles. The largest absolute Gasteiger partial charge is 0.496 e. The molecule has 0 spiro atoms. The maximum absolute atomic E-state index is 12.8. The quantitative estimate of drug-likeness (QED) is 0.480. The van der Waals surface area contributed by atoms with Crippen LogP contribution in [-0.2, 0) is 0 Å². The van der Waals surface area contributed by atoms with Gasteiger partial charge in [-0.15, -0.1) is 11.8 Å². The molecule has 6 heteroatoms. The topological polar surface area (TPSA) is 51.2 Å². The first-order valence-electron chi connectivity index (χ1n) is 8.01. The van der Waals surface area contributed by atoms with Crippen LogP contribution < -0.4 is 10.1 Å². The highest BCUT2D eigenvalue weighted by Crippen LogP contribution is 2.33. The van der Waals surface area contributed by atoms with Crippen molar-refractivity contribution in [2.75, 3.05) is 18.7 Å². The van der Waals surface area contributed by atoms with Crippen molar-refractivity contribution in [1.82, 2.24) is 4.98 Å². The molecule has 4 rings (SSSR count). The van der Waals surface area contributed by atoms with Crippen LogP contribution in [0.25, 0.3) is 21.0 Å². The normalized spacial score (nSPS) is 11.0. The number of benzene rings is 3. The van der Waals surface area contributed by atoms with Crippen LogP contribution in [0.2, 0.25) is 0 Å². The summed E-state index contributed by atoms with van der Waals surface area (Å²) in [7, 11) is 1.57. The van der Waals surface area contributed by atoms with Crippen molar-refractivity contribution in [2.24, 2.45) is 0 Å². The number of fused-ring (bicyclic) bond motifs is 2. The third-order valence-corrected chi connectivity index (χ3v) is 5.84. The van der Waals surface area contributed by atoms with E-state index in [4.69, 9.17) is 4.74 Å².